The normalized spacial score (nSPS) is 11.8. The Bertz CT molecular complexity index is 675. The minimum atomic E-state index is -0.979. The second-order valence-corrected chi connectivity index (χ2v) is 5.79. The molecule has 0 unspecified atom stereocenters. The van der Waals surface area contributed by atoms with Crippen molar-refractivity contribution in [1.29, 1.82) is 0 Å². The average Bonchev–Trinajstić information content (AvgIpc) is 2.64. The van der Waals surface area contributed by atoms with E-state index in [4.69, 9.17) is 0 Å². The number of carboxylic acid groups (broad SMARTS) is 1. The molecule has 1 aromatic carbocycles. The van der Waals surface area contributed by atoms with Crippen LogP contribution in [-0.2, 0) is 12.5 Å². The third kappa shape index (κ3) is 2.14. The topological polar surface area (TPSA) is 59.3 Å². The molecule has 0 aliphatic rings. The zero-order valence-electron chi connectivity index (χ0n) is 11.5. The van der Waals surface area contributed by atoms with Crippen LogP contribution in [0.15, 0.2) is 18.3 Å². The first-order valence-corrected chi connectivity index (χ1v) is 6.07. The number of rotatable bonds is 2. The molecular formula is C15H17NO3. The van der Waals surface area contributed by atoms with Crippen LogP contribution in [0.25, 0.3) is 10.9 Å². The minimum absolute atomic E-state index is 0.198. The molecule has 1 N–H and O–H groups in total. The lowest BCUT2D eigenvalue weighted by molar-refractivity contribution is 0.0696. The van der Waals surface area contributed by atoms with E-state index in [1.807, 2.05) is 32.4 Å². The van der Waals surface area contributed by atoms with Crippen LogP contribution < -0.4 is 0 Å². The van der Waals surface area contributed by atoms with Crippen molar-refractivity contribution in [2.75, 3.05) is 0 Å². The van der Waals surface area contributed by atoms with Gasteiger partial charge in [0.05, 0.1) is 11.1 Å². The zero-order chi connectivity index (χ0) is 14.4. The molecule has 100 valence electrons. The maximum Gasteiger partial charge on any atom is 0.335 e. The summed E-state index contributed by atoms with van der Waals surface area (Å²) < 4.78 is 1.88. The maximum absolute atomic E-state index is 11.2. The molecule has 1 aromatic heterocycles. The first-order chi connectivity index (χ1) is 8.75. The molecule has 4 nitrogen and oxygen atoms in total. The number of hydrogen-bond acceptors (Lipinski definition) is 2. The van der Waals surface area contributed by atoms with Crippen molar-refractivity contribution in [1.82, 2.24) is 4.57 Å². The van der Waals surface area contributed by atoms with Gasteiger partial charge in [0.1, 0.15) is 0 Å². The summed E-state index contributed by atoms with van der Waals surface area (Å²) in [5.74, 6) is -0.979. The van der Waals surface area contributed by atoms with Crippen LogP contribution in [0, 0.1) is 0 Å². The molecule has 0 atom stereocenters. The Morgan fingerprint density at radius 1 is 1.32 bits per heavy atom. The number of aldehydes is 1. The third-order valence-electron chi connectivity index (χ3n) is 3.29. The Morgan fingerprint density at radius 3 is 2.42 bits per heavy atom. The summed E-state index contributed by atoms with van der Waals surface area (Å²) in [5.41, 5.74) is 2.38. The van der Waals surface area contributed by atoms with Crippen molar-refractivity contribution < 1.29 is 14.7 Å². The van der Waals surface area contributed by atoms with Crippen LogP contribution in [0.5, 0.6) is 0 Å². The quantitative estimate of drug-likeness (QED) is 0.843. The molecular weight excluding hydrogens is 242 g/mol. The maximum atomic E-state index is 11.2. The minimum Gasteiger partial charge on any atom is -0.478 e. The van der Waals surface area contributed by atoms with Gasteiger partial charge in [0.15, 0.2) is 6.29 Å². The van der Waals surface area contributed by atoms with E-state index >= 15 is 0 Å². The molecule has 1 heterocycles. The summed E-state index contributed by atoms with van der Waals surface area (Å²) in [6.07, 6.45) is 2.50. The second kappa shape index (κ2) is 4.23. The van der Waals surface area contributed by atoms with Gasteiger partial charge in [-0.05, 0) is 23.1 Å². The van der Waals surface area contributed by atoms with E-state index in [2.05, 4.69) is 0 Å². The van der Waals surface area contributed by atoms with Gasteiger partial charge < -0.3 is 9.67 Å². The lowest BCUT2D eigenvalue weighted by atomic mass is 9.84. The van der Waals surface area contributed by atoms with E-state index in [1.54, 1.807) is 18.3 Å². The van der Waals surface area contributed by atoms with Crippen molar-refractivity contribution >= 4 is 23.2 Å². The molecule has 0 saturated heterocycles. The van der Waals surface area contributed by atoms with Gasteiger partial charge >= 0.3 is 5.97 Å². The van der Waals surface area contributed by atoms with Gasteiger partial charge in [0.2, 0.25) is 0 Å². The van der Waals surface area contributed by atoms with Gasteiger partial charge in [0.25, 0.3) is 0 Å². The van der Waals surface area contributed by atoms with Gasteiger partial charge in [-0.3, -0.25) is 4.79 Å². The Hall–Kier alpha value is -2.10. The molecule has 0 amide bonds. The lowest BCUT2D eigenvalue weighted by Gasteiger charge is -2.21. The van der Waals surface area contributed by atoms with Crippen molar-refractivity contribution in [3.63, 3.8) is 0 Å². The first-order valence-electron chi connectivity index (χ1n) is 6.07. The molecule has 0 aliphatic carbocycles. The van der Waals surface area contributed by atoms with Gasteiger partial charge in [0, 0.05) is 24.2 Å². The van der Waals surface area contributed by atoms with Crippen LogP contribution in [0.1, 0.15) is 47.1 Å². The van der Waals surface area contributed by atoms with E-state index in [0.29, 0.717) is 10.9 Å². The first kappa shape index (κ1) is 13.3. The number of nitrogens with zero attached hydrogens (tertiary/aromatic N) is 1. The van der Waals surface area contributed by atoms with Crippen LogP contribution >= 0.6 is 0 Å². The van der Waals surface area contributed by atoms with E-state index in [1.165, 1.54) is 0 Å². The molecule has 2 rings (SSSR count). The van der Waals surface area contributed by atoms with E-state index in [0.717, 1.165) is 17.4 Å². The van der Waals surface area contributed by atoms with Crippen molar-refractivity contribution in [2.24, 2.45) is 7.05 Å². The summed E-state index contributed by atoms with van der Waals surface area (Å²) >= 11 is 0. The predicted octanol–water partition coefficient (Wildman–Crippen LogP) is 2.99. The highest BCUT2D eigenvalue weighted by atomic mass is 16.4. The fraction of sp³-hybridized carbons (Fsp3) is 0.333. The summed E-state index contributed by atoms with van der Waals surface area (Å²) in [6.45, 7) is 6.09. The van der Waals surface area contributed by atoms with Crippen LogP contribution in [0.3, 0.4) is 0 Å². The SMILES string of the molecule is Cn1cc(C=O)c2cc(C(=O)O)cc(C(C)(C)C)c21. The third-order valence-corrected chi connectivity index (χ3v) is 3.29. The van der Waals surface area contributed by atoms with E-state index in [9.17, 15) is 14.7 Å². The Kier molecular flexibility index (Phi) is 2.97. The van der Waals surface area contributed by atoms with Crippen molar-refractivity contribution in [3.8, 4) is 0 Å². The predicted molar refractivity (Wildman–Crippen MR) is 74.0 cm³/mol. The molecule has 0 radical (unpaired) electrons. The fourth-order valence-electron chi connectivity index (χ4n) is 2.37. The number of aromatic nitrogens is 1. The van der Waals surface area contributed by atoms with Gasteiger partial charge in [-0.2, -0.15) is 0 Å². The summed E-state index contributed by atoms with van der Waals surface area (Å²) in [5, 5.41) is 9.91. The summed E-state index contributed by atoms with van der Waals surface area (Å²) in [6, 6.07) is 3.26. The van der Waals surface area contributed by atoms with Crippen LogP contribution in [-0.4, -0.2) is 21.9 Å². The number of carbonyl (C=O) groups excluding carboxylic acids is 1. The fourth-order valence-corrected chi connectivity index (χ4v) is 2.37. The zero-order valence-corrected chi connectivity index (χ0v) is 11.5. The van der Waals surface area contributed by atoms with Gasteiger partial charge in [-0.25, -0.2) is 4.79 Å². The molecule has 4 heteroatoms. The Labute approximate surface area is 111 Å². The molecule has 0 saturated carbocycles. The standard InChI is InChI=1S/C15H17NO3/c1-15(2,3)12-6-9(14(18)19)5-11-10(8-17)7-16(4)13(11)12/h5-8H,1-4H3,(H,18,19). The number of aromatic carboxylic acids is 1. The van der Waals surface area contributed by atoms with Crippen LogP contribution in [0.2, 0.25) is 0 Å². The number of carboxylic acids is 1. The average molecular weight is 259 g/mol. The van der Waals surface area contributed by atoms with E-state index < -0.39 is 5.97 Å². The number of hydrogen-bond donors (Lipinski definition) is 1. The number of aryl methyl sites for hydroxylation is 1. The monoisotopic (exact) mass is 259 g/mol. The second-order valence-electron chi connectivity index (χ2n) is 5.79. The number of fused-ring (bicyclic) bond motifs is 1. The highest BCUT2D eigenvalue weighted by Crippen LogP contribution is 2.33. The van der Waals surface area contributed by atoms with Crippen molar-refractivity contribution in [3.05, 3.63) is 35.0 Å². The lowest BCUT2D eigenvalue weighted by Crippen LogP contribution is -2.14. The molecule has 19 heavy (non-hydrogen) atoms. The molecule has 0 aliphatic heterocycles. The number of carbonyl (C=O) groups is 2. The largest absolute Gasteiger partial charge is 0.478 e. The molecule has 0 fully saturated rings. The molecule has 2 aromatic rings. The van der Waals surface area contributed by atoms with Crippen molar-refractivity contribution in [2.45, 2.75) is 26.2 Å². The smallest absolute Gasteiger partial charge is 0.335 e. The number of benzene rings is 1. The Balaban J connectivity index is 2.96. The summed E-state index contributed by atoms with van der Waals surface area (Å²) in [7, 11) is 1.87. The highest BCUT2D eigenvalue weighted by molar-refractivity contribution is 6.03. The molecule has 0 bridgehead atoms. The van der Waals surface area contributed by atoms with E-state index in [-0.39, 0.29) is 11.0 Å². The van der Waals surface area contributed by atoms with Gasteiger partial charge in [-0.1, -0.05) is 20.8 Å². The summed E-state index contributed by atoms with van der Waals surface area (Å²) in [4.78, 5) is 22.4. The van der Waals surface area contributed by atoms with Crippen LogP contribution in [0.4, 0.5) is 0 Å². The highest BCUT2D eigenvalue weighted by Gasteiger charge is 2.22. The molecule has 0 spiro atoms. The van der Waals surface area contributed by atoms with Gasteiger partial charge in [-0.15, -0.1) is 0 Å². The Morgan fingerprint density at radius 2 is 1.95 bits per heavy atom.